The van der Waals surface area contributed by atoms with Crippen LogP contribution in [0.1, 0.15) is 31.4 Å². The fraction of sp³-hybridized carbons (Fsp3) is 0.600. The lowest BCUT2D eigenvalue weighted by atomic mass is 9.93. The van der Waals surface area contributed by atoms with Crippen molar-refractivity contribution in [2.75, 3.05) is 31.7 Å². The van der Waals surface area contributed by atoms with E-state index in [4.69, 9.17) is 4.74 Å². The zero-order valence-electron chi connectivity index (χ0n) is 11.7. The highest BCUT2D eigenvalue weighted by Gasteiger charge is 2.31. The lowest BCUT2D eigenvalue weighted by Crippen LogP contribution is -2.45. The summed E-state index contributed by atoms with van der Waals surface area (Å²) >= 11 is 0. The molecule has 19 heavy (non-hydrogen) atoms. The van der Waals surface area contributed by atoms with E-state index in [1.165, 1.54) is 0 Å². The van der Waals surface area contributed by atoms with Gasteiger partial charge in [0.1, 0.15) is 0 Å². The van der Waals surface area contributed by atoms with Crippen LogP contribution in [-0.4, -0.2) is 42.6 Å². The summed E-state index contributed by atoms with van der Waals surface area (Å²) in [6.07, 6.45) is 0.922. The maximum atomic E-state index is 10.5. The van der Waals surface area contributed by atoms with Gasteiger partial charge in [0.15, 0.2) is 0 Å². The molecule has 0 bridgehead atoms. The molecule has 1 heterocycles. The van der Waals surface area contributed by atoms with E-state index >= 15 is 0 Å². The average molecular weight is 265 g/mol. The van der Waals surface area contributed by atoms with Crippen LogP contribution in [0.3, 0.4) is 0 Å². The van der Waals surface area contributed by atoms with Crippen LogP contribution in [0.2, 0.25) is 0 Å². The molecule has 1 saturated heterocycles. The molecular formula is C15H23NO3. The van der Waals surface area contributed by atoms with Crippen molar-refractivity contribution in [1.82, 2.24) is 0 Å². The molecular weight excluding hydrogens is 242 g/mol. The van der Waals surface area contributed by atoms with Gasteiger partial charge in [0, 0.05) is 45.3 Å². The van der Waals surface area contributed by atoms with Gasteiger partial charge in [-0.3, -0.25) is 0 Å². The average Bonchev–Trinajstić information content (AvgIpc) is 2.39. The molecule has 0 radical (unpaired) electrons. The van der Waals surface area contributed by atoms with Gasteiger partial charge in [-0.1, -0.05) is 12.1 Å². The van der Waals surface area contributed by atoms with Gasteiger partial charge < -0.3 is 19.8 Å². The first-order chi connectivity index (χ1) is 9.00. The highest BCUT2D eigenvalue weighted by Crippen LogP contribution is 2.25. The number of nitrogens with zero attached hydrogens (tertiary/aromatic N) is 1. The number of ether oxygens (including phenoxy) is 1. The fourth-order valence-electron chi connectivity index (χ4n) is 2.45. The van der Waals surface area contributed by atoms with E-state index in [1.807, 2.05) is 31.3 Å². The summed E-state index contributed by atoms with van der Waals surface area (Å²) in [5.41, 5.74) is 1.29. The molecule has 4 nitrogen and oxygen atoms in total. The summed E-state index contributed by atoms with van der Waals surface area (Å²) in [4.78, 5) is 2.05. The molecule has 4 heteroatoms. The molecule has 1 unspecified atom stereocenters. The van der Waals surface area contributed by atoms with E-state index in [0.29, 0.717) is 32.6 Å². The van der Waals surface area contributed by atoms with Gasteiger partial charge in [-0.2, -0.15) is 0 Å². The Balaban J connectivity index is 2.00. The van der Waals surface area contributed by atoms with Crippen LogP contribution in [0.4, 0.5) is 5.69 Å². The molecule has 2 rings (SSSR count). The monoisotopic (exact) mass is 265 g/mol. The van der Waals surface area contributed by atoms with Crippen molar-refractivity contribution in [1.29, 1.82) is 0 Å². The maximum absolute atomic E-state index is 10.5. The van der Waals surface area contributed by atoms with Crippen LogP contribution in [-0.2, 0) is 4.74 Å². The highest BCUT2D eigenvalue weighted by molar-refractivity contribution is 5.47. The number of aliphatic hydroxyl groups excluding tert-OH is 1. The smallest absolute Gasteiger partial charge is 0.0865 e. The minimum Gasteiger partial charge on any atom is -0.389 e. The largest absolute Gasteiger partial charge is 0.389 e. The van der Waals surface area contributed by atoms with Gasteiger partial charge in [0.05, 0.1) is 11.7 Å². The van der Waals surface area contributed by atoms with E-state index in [9.17, 15) is 10.2 Å². The first kappa shape index (κ1) is 14.3. The number of likely N-dealkylation sites (N-methyl/N-ethyl adjacent to an activating group) is 1. The molecule has 1 aromatic carbocycles. The standard InChI is InChI=1S/C15H23NO3/c1-12(17)13-3-5-14(6-4-13)16(2)11-15(18)7-9-19-10-8-15/h3-6,12,17-18H,7-11H2,1-2H3. The number of benzene rings is 1. The minimum absolute atomic E-state index is 0.445. The summed E-state index contributed by atoms with van der Waals surface area (Å²) < 4.78 is 5.29. The quantitative estimate of drug-likeness (QED) is 0.870. The van der Waals surface area contributed by atoms with Crippen LogP contribution in [0.25, 0.3) is 0 Å². The molecule has 1 fully saturated rings. The van der Waals surface area contributed by atoms with Gasteiger partial charge in [-0.05, 0) is 24.6 Å². The zero-order chi connectivity index (χ0) is 13.9. The molecule has 1 atom stereocenters. The number of anilines is 1. The van der Waals surface area contributed by atoms with E-state index in [1.54, 1.807) is 6.92 Å². The number of hydrogen-bond donors (Lipinski definition) is 2. The van der Waals surface area contributed by atoms with Crippen molar-refractivity contribution < 1.29 is 14.9 Å². The highest BCUT2D eigenvalue weighted by atomic mass is 16.5. The normalized spacial score (nSPS) is 20.0. The second-order valence-electron chi connectivity index (χ2n) is 5.46. The summed E-state index contributed by atoms with van der Waals surface area (Å²) in [6, 6.07) is 7.80. The van der Waals surface area contributed by atoms with Crippen molar-refractivity contribution in [2.24, 2.45) is 0 Å². The fourth-order valence-corrected chi connectivity index (χ4v) is 2.45. The lowest BCUT2D eigenvalue weighted by Gasteiger charge is -2.36. The van der Waals surface area contributed by atoms with Gasteiger partial charge in [0.2, 0.25) is 0 Å². The molecule has 0 saturated carbocycles. The first-order valence-electron chi connectivity index (χ1n) is 6.79. The van der Waals surface area contributed by atoms with Crippen molar-refractivity contribution in [3.05, 3.63) is 29.8 Å². The van der Waals surface area contributed by atoms with E-state index in [2.05, 4.69) is 4.90 Å². The molecule has 106 valence electrons. The molecule has 0 amide bonds. The topological polar surface area (TPSA) is 52.9 Å². The van der Waals surface area contributed by atoms with Gasteiger partial charge in [0.25, 0.3) is 0 Å². The van der Waals surface area contributed by atoms with Crippen LogP contribution >= 0.6 is 0 Å². The molecule has 2 N–H and O–H groups in total. The summed E-state index contributed by atoms with van der Waals surface area (Å²) in [7, 11) is 1.98. The summed E-state index contributed by atoms with van der Waals surface area (Å²) in [5, 5.41) is 20.0. The minimum atomic E-state index is -0.657. The van der Waals surface area contributed by atoms with Crippen molar-refractivity contribution in [2.45, 2.75) is 31.5 Å². The van der Waals surface area contributed by atoms with Crippen molar-refractivity contribution in [3.8, 4) is 0 Å². The Hall–Kier alpha value is -1.10. The zero-order valence-corrected chi connectivity index (χ0v) is 11.7. The van der Waals surface area contributed by atoms with Gasteiger partial charge >= 0.3 is 0 Å². The number of hydrogen-bond acceptors (Lipinski definition) is 4. The molecule has 1 aliphatic rings. The van der Waals surface area contributed by atoms with Crippen LogP contribution in [0, 0.1) is 0 Å². The Morgan fingerprint density at radius 2 is 1.84 bits per heavy atom. The first-order valence-corrected chi connectivity index (χ1v) is 6.79. The molecule has 0 spiro atoms. The van der Waals surface area contributed by atoms with Crippen molar-refractivity contribution in [3.63, 3.8) is 0 Å². The maximum Gasteiger partial charge on any atom is 0.0865 e. The Labute approximate surface area is 114 Å². The second kappa shape index (κ2) is 5.90. The third-order valence-electron chi connectivity index (χ3n) is 3.77. The predicted molar refractivity (Wildman–Crippen MR) is 75.3 cm³/mol. The third kappa shape index (κ3) is 3.69. The molecule has 1 aromatic rings. The Kier molecular flexibility index (Phi) is 4.45. The second-order valence-corrected chi connectivity index (χ2v) is 5.46. The van der Waals surface area contributed by atoms with Crippen LogP contribution in [0.15, 0.2) is 24.3 Å². The lowest BCUT2D eigenvalue weighted by molar-refractivity contribution is -0.0572. The van der Waals surface area contributed by atoms with Crippen molar-refractivity contribution >= 4 is 5.69 Å². The van der Waals surface area contributed by atoms with Gasteiger partial charge in [-0.15, -0.1) is 0 Å². The Bertz CT molecular complexity index is 396. The Morgan fingerprint density at radius 3 is 2.37 bits per heavy atom. The van der Waals surface area contributed by atoms with E-state index in [-0.39, 0.29) is 0 Å². The van der Waals surface area contributed by atoms with E-state index < -0.39 is 11.7 Å². The summed E-state index contributed by atoms with van der Waals surface area (Å²) in [5.74, 6) is 0. The molecule has 0 aromatic heterocycles. The third-order valence-corrected chi connectivity index (χ3v) is 3.77. The molecule has 1 aliphatic heterocycles. The number of aliphatic hydroxyl groups is 2. The Morgan fingerprint density at radius 1 is 1.26 bits per heavy atom. The SMILES string of the molecule is CC(O)c1ccc(N(C)CC2(O)CCOCC2)cc1. The van der Waals surface area contributed by atoms with E-state index in [0.717, 1.165) is 11.3 Å². The molecule has 0 aliphatic carbocycles. The summed E-state index contributed by atoms with van der Waals surface area (Å²) in [6.45, 7) is 3.62. The van der Waals surface area contributed by atoms with Gasteiger partial charge in [-0.25, -0.2) is 0 Å². The predicted octanol–water partition coefficient (Wildman–Crippen LogP) is 1.72. The van der Waals surface area contributed by atoms with Crippen LogP contribution in [0.5, 0.6) is 0 Å². The van der Waals surface area contributed by atoms with Crippen LogP contribution < -0.4 is 4.90 Å². The number of rotatable bonds is 4.